The number of rotatable bonds is 3. The molecule has 1 saturated carbocycles. The van der Waals surface area contributed by atoms with E-state index in [2.05, 4.69) is 14.8 Å². The zero-order valence-electron chi connectivity index (χ0n) is 14.5. The molecule has 1 aromatic heterocycles. The van der Waals surface area contributed by atoms with Crippen LogP contribution in [0.3, 0.4) is 0 Å². The first-order chi connectivity index (χ1) is 12.3. The van der Waals surface area contributed by atoms with Crippen LogP contribution in [0.25, 0.3) is 11.0 Å². The van der Waals surface area contributed by atoms with Gasteiger partial charge in [0.1, 0.15) is 0 Å². The van der Waals surface area contributed by atoms with Crippen LogP contribution >= 0.6 is 0 Å². The maximum Gasteiger partial charge on any atom is 0.223 e. The molecular weight excluding hydrogens is 312 g/mol. The predicted octanol–water partition coefficient (Wildman–Crippen LogP) is 2.61. The molecule has 25 heavy (non-hydrogen) atoms. The minimum absolute atomic E-state index is 0.401. The predicted molar refractivity (Wildman–Crippen MR) is 95.8 cm³/mol. The summed E-state index contributed by atoms with van der Waals surface area (Å²) in [5.74, 6) is 1.03. The van der Waals surface area contributed by atoms with E-state index >= 15 is 0 Å². The van der Waals surface area contributed by atoms with E-state index in [1.165, 1.54) is 12.8 Å². The summed E-state index contributed by atoms with van der Waals surface area (Å²) < 4.78 is 0. The first kappa shape index (κ1) is 15.3. The average Bonchev–Trinajstić information content (AvgIpc) is 3.46. The Morgan fingerprint density at radius 3 is 2.76 bits per heavy atom. The number of para-hydroxylation sites is 2. The fourth-order valence-corrected chi connectivity index (χ4v) is 4.64. The van der Waals surface area contributed by atoms with Gasteiger partial charge < -0.3 is 4.90 Å². The van der Waals surface area contributed by atoms with Crippen molar-refractivity contribution in [3.8, 4) is 0 Å². The zero-order valence-corrected chi connectivity index (χ0v) is 14.5. The Morgan fingerprint density at radius 1 is 1.08 bits per heavy atom. The average molecular weight is 336 g/mol. The number of piperidine rings is 2. The van der Waals surface area contributed by atoms with Crippen LogP contribution < -0.4 is 0 Å². The molecule has 0 radical (unpaired) electrons. The SMILES string of the molecule is O=C1CCC2CN(Cc3cnc4ccccc4n3)CCC2N1C1CC1. The molecule has 0 spiro atoms. The van der Waals surface area contributed by atoms with E-state index in [1.807, 2.05) is 30.5 Å². The molecule has 2 saturated heterocycles. The van der Waals surface area contributed by atoms with Crippen molar-refractivity contribution in [1.82, 2.24) is 19.8 Å². The van der Waals surface area contributed by atoms with E-state index in [4.69, 9.17) is 4.98 Å². The standard InChI is InChI=1S/C20H24N4O/c25-20-8-5-14-12-23(10-9-19(14)24(20)16-6-7-16)13-15-11-21-17-3-1-2-4-18(17)22-15/h1-4,11,14,16,19H,5-10,12-13H2. The maximum absolute atomic E-state index is 12.3. The van der Waals surface area contributed by atoms with Crippen molar-refractivity contribution in [2.24, 2.45) is 5.92 Å². The molecule has 3 aliphatic rings. The fourth-order valence-electron chi connectivity index (χ4n) is 4.64. The quantitative estimate of drug-likeness (QED) is 0.864. The van der Waals surface area contributed by atoms with Crippen LogP contribution in [0.15, 0.2) is 30.5 Å². The summed E-state index contributed by atoms with van der Waals surface area (Å²) in [7, 11) is 0. The number of benzene rings is 1. The van der Waals surface area contributed by atoms with E-state index in [0.717, 1.165) is 55.6 Å². The highest BCUT2D eigenvalue weighted by Gasteiger charge is 2.45. The van der Waals surface area contributed by atoms with Gasteiger partial charge in [-0.2, -0.15) is 0 Å². The van der Waals surface area contributed by atoms with Gasteiger partial charge in [0, 0.05) is 38.1 Å². The van der Waals surface area contributed by atoms with E-state index in [1.54, 1.807) is 0 Å². The van der Waals surface area contributed by atoms with Crippen LogP contribution in [-0.4, -0.2) is 50.8 Å². The third-order valence-electron chi connectivity index (χ3n) is 5.98. The number of nitrogens with zero attached hydrogens (tertiary/aromatic N) is 4. The van der Waals surface area contributed by atoms with E-state index < -0.39 is 0 Å². The second kappa shape index (κ2) is 6.06. The van der Waals surface area contributed by atoms with Gasteiger partial charge in [-0.15, -0.1) is 0 Å². The number of likely N-dealkylation sites (tertiary alicyclic amines) is 2. The highest BCUT2D eigenvalue weighted by atomic mass is 16.2. The molecule has 2 aliphatic heterocycles. The fraction of sp³-hybridized carbons (Fsp3) is 0.550. The first-order valence-corrected chi connectivity index (χ1v) is 9.52. The Hall–Kier alpha value is -2.01. The van der Waals surface area contributed by atoms with Gasteiger partial charge in [-0.3, -0.25) is 14.7 Å². The lowest BCUT2D eigenvalue weighted by molar-refractivity contribution is -0.142. The summed E-state index contributed by atoms with van der Waals surface area (Å²) in [4.78, 5) is 26.4. The van der Waals surface area contributed by atoms with Gasteiger partial charge in [0.15, 0.2) is 0 Å². The van der Waals surface area contributed by atoms with Gasteiger partial charge in [0.25, 0.3) is 0 Å². The number of hydrogen-bond donors (Lipinski definition) is 0. The van der Waals surface area contributed by atoms with Crippen LogP contribution in [0.1, 0.15) is 37.8 Å². The third-order valence-corrected chi connectivity index (χ3v) is 5.98. The van der Waals surface area contributed by atoms with Crippen molar-refractivity contribution in [3.63, 3.8) is 0 Å². The first-order valence-electron chi connectivity index (χ1n) is 9.52. The van der Waals surface area contributed by atoms with Gasteiger partial charge in [-0.05, 0) is 43.7 Å². The molecule has 3 fully saturated rings. The Morgan fingerprint density at radius 2 is 1.92 bits per heavy atom. The highest BCUT2D eigenvalue weighted by molar-refractivity contribution is 5.78. The second-order valence-electron chi connectivity index (χ2n) is 7.77. The van der Waals surface area contributed by atoms with Crippen LogP contribution in [0, 0.1) is 5.92 Å². The number of amides is 1. The highest BCUT2D eigenvalue weighted by Crippen LogP contribution is 2.39. The molecule has 2 unspecified atom stereocenters. The molecule has 2 aromatic rings. The molecule has 3 heterocycles. The number of carbonyl (C=O) groups is 1. The molecule has 5 heteroatoms. The molecule has 0 bridgehead atoms. The molecule has 0 N–H and O–H groups in total. The van der Waals surface area contributed by atoms with Gasteiger partial charge >= 0.3 is 0 Å². The van der Waals surface area contributed by atoms with E-state index in [-0.39, 0.29) is 0 Å². The summed E-state index contributed by atoms with van der Waals surface area (Å²) in [5, 5.41) is 0. The second-order valence-corrected chi connectivity index (χ2v) is 7.77. The monoisotopic (exact) mass is 336 g/mol. The minimum atomic E-state index is 0.401. The van der Waals surface area contributed by atoms with Gasteiger partial charge in [0.2, 0.25) is 5.91 Å². The smallest absolute Gasteiger partial charge is 0.223 e. The molecule has 5 rings (SSSR count). The number of carbonyl (C=O) groups excluding carboxylic acids is 1. The Labute approximate surface area is 148 Å². The number of hydrogen-bond acceptors (Lipinski definition) is 4. The van der Waals surface area contributed by atoms with Crippen molar-refractivity contribution in [2.45, 2.75) is 50.7 Å². The lowest BCUT2D eigenvalue weighted by Crippen LogP contribution is -2.56. The van der Waals surface area contributed by atoms with Crippen molar-refractivity contribution in [2.75, 3.05) is 13.1 Å². The topological polar surface area (TPSA) is 49.3 Å². The van der Waals surface area contributed by atoms with Gasteiger partial charge in [0.05, 0.1) is 22.9 Å². The third kappa shape index (κ3) is 2.91. The summed E-state index contributed by atoms with van der Waals surface area (Å²) in [5.41, 5.74) is 2.97. The molecule has 1 amide bonds. The summed E-state index contributed by atoms with van der Waals surface area (Å²) >= 11 is 0. The Balaban J connectivity index is 1.29. The van der Waals surface area contributed by atoms with Crippen LogP contribution in [-0.2, 0) is 11.3 Å². The van der Waals surface area contributed by atoms with Gasteiger partial charge in [-0.25, -0.2) is 4.98 Å². The van der Waals surface area contributed by atoms with Crippen molar-refractivity contribution in [3.05, 3.63) is 36.2 Å². The van der Waals surface area contributed by atoms with Crippen molar-refractivity contribution in [1.29, 1.82) is 0 Å². The Bertz CT molecular complexity index is 803. The zero-order chi connectivity index (χ0) is 16.8. The molecular formula is C20H24N4O. The van der Waals surface area contributed by atoms with E-state index in [9.17, 15) is 4.79 Å². The van der Waals surface area contributed by atoms with Crippen LogP contribution in [0.5, 0.6) is 0 Å². The molecule has 5 nitrogen and oxygen atoms in total. The Kier molecular flexibility index (Phi) is 3.70. The maximum atomic E-state index is 12.3. The lowest BCUT2D eigenvalue weighted by atomic mass is 9.83. The molecule has 130 valence electrons. The summed E-state index contributed by atoms with van der Waals surface area (Å²) in [6.45, 7) is 2.99. The van der Waals surface area contributed by atoms with Crippen molar-refractivity contribution >= 4 is 16.9 Å². The molecule has 2 atom stereocenters. The minimum Gasteiger partial charge on any atom is -0.336 e. The largest absolute Gasteiger partial charge is 0.336 e. The normalized spacial score (nSPS) is 27.5. The lowest BCUT2D eigenvalue weighted by Gasteiger charge is -2.47. The summed E-state index contributed by atoms with van der Waals surface area (Å²) in [6.07, 6.45) is 7.23. The number of aromatic nitrogens is 2. The van der Waals surface area contributed by atoms with Crippen LogP contribution in [0.2, 0.25) is 0 Å². The number of fused-ring (bicyclic) bond motifs is 2. The van der Waals surface area contributed by atoms with Crippen molar-refractivity contribution < 1.29 is 4.79 Å². The summed E-state index contributed by atoms with van der Waals surface area (Å²) in [6, 6.07) is 9.07. The molecule has 1 aliphatic carbocycles. The van der Waals surface area contributed by atoms with Gasteiger partial charge in [-0.1, -0.05) is 12.1 Å². The van der Waals surface area contributed by atoms with E-state index in [0.29, 0.717) is 23.9 Å². The van der Waals surface area contributed by atoms with Crippen LogP contribution in [0.4, 0.5) is 0 Å². The molecule has 1 aromatic carbocycles.